The first-order valence-electron chi connectivity index (χ1n) is 12.9. The van der Waals surface area contributed by atoms with Crippen molar-refractivity contribution >= 4 is 37.6 Å². The number of rotatable bonds is 0. The highest BCUT2D eigenvalue weighted by Gasteiger charge is 2.69. The van der Waals surface area contributed by atoms with Crippen LogP contribution >= 0.6 is 31.9 Å². The second kappa shape index (κ2) is 7.40. The van der Waals surface area contributed by atoms with Crippen LogP contribution in [0.2, 0.25) is 0 Å². The summed E-state index contributed by atoms with van der Waals surface area (Å²) in [4.78, 5) is 12.8. The maximum absolute atomic E-state index is 12.5. The van der Waals surface area contributed by atoms with Gasteiger partial charge in [0.25, 0.3) is 0 Å². The molecule has 3 nitrogen and oxygen atoms in total. The summed E-state index contributed by atoms with van der Waals surface area (Å²) in [6, 6.07) is 0. The van der Waals surface area contributed by atoms with Gasteiger partial charge in [-0.05, 0) is 90.6 Å². The third-order valence-corrected chi connectivity index (χ3v) is 12.9. The van der Waals surface area contributed by atoms with Crippen LogP contribution in [0, 0.1) is 46.3 Å². The number of carbonyl (C=O) groups excluding carboxylic acids is 1. The lowest BCUT2D eigenvalue weighted by Gasteiger charge is -2.60. The van der Waals surface area contributed by atoms with E-state index in [4.69, 9.17) is 9.47 Å². The van der Waals surface area contributed by atoms with E-state index in [1.807, 2.05) is 6.08 Å². The van der Waals surface area contributed by atoms with Crippen LogP contribution in [0.4, 0.5) is 0 Å². The molecule has 0 aromatic carbocycles. The summed E-state index contributed by atoms with van der Waals surface area (Å²) in [5.74, 6) is 3.75. The van der Waals surface area contributed by atoms with Crippen molar-refractivity contribution in [1.82, 2.24) is 0 Å². The monoisotopic (exact) mass is 568 g/mol. The molecular weight excluding hydrogens is 532 g/mol. The normalized spacial score (nSPS) is 59.2. The Morgan fingerprint density at radius 1 is 1.03 bits per heavy atom. The number of alkyl halides is 2. The standard InChI is InChI=1S/C27H38Br2O3/c1-14-5-8-27(31-13-14)15(2)24-23(32-27)11-18-16-9-20(28)19-10-22(30)21(29)12-26(19,4)17(16)6-7-25(18,24)3/h10,14-18,20-21,23-24H,5-9,11-13H2,1-4H3/t14-,15+,16-,17+,18+,20-,21-,23+,24+,25+,26-,27-/m1/s1. The Hall–Kier alpha value is 0.290. The number of carbonyl (C=O) groups is 1. The molecule has 4 aliphatic carbocycles. The van der Waals surface area contributed by atoms with E-state index in [9.17, 15) is 4.79 Å². The molecule has 2 aliphatic heterocycles. The molecule has 5 fully saturated rings. The van der Waals surface area contributed by atoms with Crippen LogP contribution < -0.4 is 0 Å². The molecule has 0 aromatic rings. The predicted molar refractivity (Wildman–Crippen MR) is 133 cm³/mol. The molecule has 0 radical (unpaired) electrons. The maximum Gasteiger partial charge on any atom is 0.171 e. The van der Waals surface area contributed by atoms with Gasteiger partial charge in [0.05, 0.1) is 17.5 Å². The minimum Gasteiger partial charge on any atom is -0.349 e. The van der Waals surface area contributed by atoms with Gasteiger partial charge in [0, 0.05) is 17.2 Å². The van der Waals surface area contributed by atoms with E-state index < -0.39 is 0 Å². The zero-order chi connectivity index (χ0) is 22.6. The summed E-state index contributed by atoms with van der Waals surface area (Å²) >= 11 is 7.74. The summed E-state index contributed by atoms with van der Waals surface area (Å²) in [7, 11) is 0. The van der Waals surface area contributed by atoms with Gasteiger partial charge in [-0.3, -0.25) is 4.79 Å². The SMILES string of the molecule is C[C@@H]1CC[C@@]2(OC1)O[C@H]1C[C@H]3[C@@H]4C[C@@H](Br)C5=CC(=O)[C@H](Br)C[C@]5(C)[C@H]4CC[C@]3(C)[C@H]1[C@@H]2C. The molecule has 2 heterocycles. The van der Waals surface area contributed by atoms with Crippen molar-refractivity contribution in [3.8, 4) is 0 Å². The van der Waals surface area contributed by atoms with Gasteiger partial charge < -0.3 is 9.47 Å². The number of ether oxygens (including phenoxy) is 2. The fourth-order valence-corrected chi connectivity index (χ4v) is 11.5. The lowest BCUT2D eigenvalue weighted by atomic mass is 9.46. The summed E-state index contributed by atoms with van der Waals surface area (Å²) in [5, 5.41) is 0. The fourth-order valence-electron chi connectivity index (χ4n) is 9.60. The van der Waals surface area contributed by atoms with Crippen molar-refractivity contribution in [2.24, 2.45) is 46.3 Å². The molecule has 0 aromatic heterocycles. The number of ketones is 1. The second-order valence-corrected chi connectivity index (χ2v) is 14.9. The summed E-state index contributed by atoms with van der Waals surface area (Å²) in [6.45, 7) is 10.6. The fraction of sp³-hybridized carbons (Fsp3) is 0.889. The zero-order valence-electron chi connectivity index (χ0n) is 19.9. The van der Waals surface area contributed by atoms with Crippen molar-refractivity contribution in [3.63, 3.8) is 0 Å². The van der Waals surface area contributed by atoms with E-state index in [2.05, 4.69) is 59.6 Å². The Bertz CT molecular complexity index is 848. The Labute approximate surface area is 210 Å². The molecule has 12 atom stereocenters. The number of allylic oxidation sites excluding steroid dienone is 1. The maximum atomic E-state index is 12.5. The van der Waals surface area contributed by atoms with Gasteiger partial charge in [0.15, 0.2) is 11.6 Å². The van der Waals surface area contributed by atoms with Crippen LogP contribution in [0.3, 0.4) is 0 Å². The molecule has 0 unspecified atom stereocenters. The molecule has 178 valence electrons. The van der Waals surface area contributed by atoms with Crippen LogP contribution in [0.5, 0.6) is 0 Å². The first kappa shape index (κ1) is 22.7. The average molecular weight is 570 g/mol. The van der Waals surface area contributed by atoms with Crippen molar-refractivity contribution in [2.75, 3.05) is 6.61 Å². The van der Waals surface area contributed by atoms with Gasteiger partial charge >= 0.3 is 0 Å². The van der Waals surface area contributed by atoms with Gasteiger partial charge in [-0.15, -0.1) is 0 Å². The molecule has 1 spiro atoms. The third-order valence-electron chi connectivity index (χ3n) is 11.2. The first-order valence-corrected chi connectivity index (χ1v) is 14.8. The van der Waals surface area contributed by atoms with Crippen molar-refractivity contribution in [1.29, 1.82) is 0 Å². The van der Waals surface area contributed by atoms with Crippen LogP contribution in [0.1, 0.15) is 72.6 Å². The summed E-state index contributed by atoms with van der Waals surface area (Å²) in [5.41, 5.74) is 1.83. The first-order chi connectivity index (χ1) is 15.1. The molecule has 3 saturated carbocycles. The lowest BCUT2D eigenvalue weighted by Crippen LogP contribution is -2.55. The largest absolute Gasteiger partial charge is 0.349 e. The Morgan fingerprint density at radius 2 is 1.81 bits per heavy atom. The predicted octanol–water partition coefficient (Wildman–Crippen LogP) is 6.67. The number of halogens is 2. The van der Waals surface area contributed by atoms with Crippen molar-refractivity contribution in [2.45, 2.75) is 94.2 Å². The third kappa shape index (κ3) is 2.92. The summed E-state index contributed by atoms with van der Waals surface area (Å²) in [6.07, 6.45) is 10.5. The molecule has 32 heavy (non-hydrogen) atoms. The van der Waals surface area contributed by atoms with Gasteiger partial charge in [-0.1, -0.05) is 59.6 Å². The minimum atomic E-state index is -0.327. The Morgan fingerprint density at radius 3 is 2.53 bits per heavy atom. The quantitative estimate of drug-likeness (QED) is 0.306. The molecule has 0 amide bonds. The van der Waals surface area contributed by atoms with Crippen LogP contribution in [0.25, 0.3) is 0 Å². The average Bonchev–Trinajstić information content (AvgIpc) is 3.18. The highest BCUT2D eigenvalue weighted by atomic mass is 79.9. The van der Waals surface area contributed by atoms with Gasteiger partial charge in [0.2, 0.25) is 0 Å². The minimum absolute atomic E-state index is 0.0278. The van der Waals surface area contributed by atoms with E-state index in [0.717, 1.165) is 19.4 Å². The molecule has 6 aliphatic rings. The van der Waals surface area contributed by atoms with Crippen molar-refractivity contribution in [3.05, 3.63) is 11.6 Å². The highest BCUT2D eigenvalue weighted by molar-refractivity contribution is 9.10. The topological polar surface area (TPSA) is 35.5 Å². The van der Waals surface area contributed by atoms with E-state index in [-0.39, 0.29) is 21.8 Å². The molecule has 5 heteroatoms. The molecule has 0 N–H and O–H groups in total. The molecule has 6 rings (SSSR count). The van der Waals surface area contributed by atoms with Crippen LogP contribution in [0.15, 0.2) is 11.6 Å². The molecule has 0 bridgehead atoms. The smallest absolute Gasteiger partial charge is 0.171 e. The zero-order valence-corrected chi connectivity index (χ0v) is 23.1. The van der Waals surface area contributed by atoms with E-state index in [0.29, 0.717) is 51.9 Å². The number of fused-ring (bicyclic) bond motifs is 7. The highest BCUT2D eigenvalue weighted by Crippen LogP contribution is 2.71. The van der Waals surface area contributed by atoms with Gasteiger partial charge in [0.1, 0.15) is 0 Å². The second-order valence-electron chi connectivity index (χ2n) is 12.7. The van der Waals surface area contributed by atoms with Gasteiger partial charge in [-0.2, -0.15) is 0 Å². The van der Waals surface area contributed by atoms with E-state index in [1.54, 1.807) is 0 Å². The Balaban J connectivity index is 1.31. The van der Waals surface area contributed by atoms with Crippen LogP contribution in [-0.4, -0.2) is 33.9 Å². The van der Waals surface area contributed by atoms with Gasteiger partial charge in [-0.25, -0.2) is 0 Å². The number of hydrogen-bond donors (Lipinski definition) is 0. The number of hydrogen-bond acceptors (Lipinski definition) is 3. The van der Waals surface area contributed by atoms with E-state index >= 15 is 0 Å². The lowest BCUT2D eigenvalue weighted by molar-refractivity contribution is -0.272. The van der Waals surface area contributed by atoms with Crippen molar-refractivity contribution < 1.29 is 14.3 Å². The summed E-state index contributed by atoms with van der Waals surface area (Å²) < 4.78 is 13.4. The molecular formula is C27H38Br2O3. The Kier molecular flexibility index (Phi) is 5.26. The van der Waals surface area contributed by atoms with Crippen LogP contribution in [-0.2, 0) is 14.3 Å². The van der Waals surface area contributed by atoms with E-state index in [1.165, 1.54) is 37.7 Å². The molecule has 2 saturated heterocycles.